The molecule has 3 aromatic carbocycles. The van der Waals surface area contributed by atoms with E-state index in [4.69, 9.17) is 9.47 Å². The van der Waals surface area contributed by atoms with Crippen molar-refractivity contribution < 1.29 is 14.3 Å². The van der Waals surface area contributed by atoms with Crippen LogP contribution in [0.15, 0.2) is 66.9 Å². The first-order chi connectivity index (χ1) is 13.7. The summed E-state index contributed by atoms with van der Waals surface area (Å²) >= 11 is 0. The highest BCUT2D eigenvalue weighted by molar-refractivity contribution is 5.88. The SMILES string of the molecule is COc1ccc2c(ccn2CC(=O)NCc2c(OC)ccc3ccccc23)c1. The van der Waals surface area contributed by atoms with E-state index in [0.29, 0.717) is 6.54 Å². The number of aromatic nitrogens is 1. The summed E-state index contributed by atoms with van der Waals surface area (Å²) in [5.74, 6) is 1.53. The van der Waals surface area contributed by atoms with Crippen LogP contribution in [0.25, 0.3) is 21.7 Å². The van der Waals surface area contributed by atoms with Crippen LogP contribution in [0.5, 0.6) is 11.5 Å². The monoisotopic (exact) mass is 374 g/mol. The van der Waals surface area contributed by atoms with E-state index in [9.17, 15) is 4.79 Å². The molecule has 0 aliphatic carbocycles. The Morgan fingerprint density at radius 2 is 1.82 bits per heavy atom. The van der Waals surface area contributed by atoms with E-state index in [1.807, 2.05) is 65.4 Å². The molecule has 0 saturated heterocycles. The van der Waals surface area contributed by atoms with Crippen molar-refractivity contribution in [2.24, 2.45) is 0 Å². The quantitative estimate of drug-likeness (QED) is 0.552. The van der Waals surface area contributed by atoms with Gasteiger partial charge in [0.25, 0.3) is 0 Å². The molecular formula is C23H22N2O3. The normalized spacial score (nSPS) is 10.9. The molecule has 0 aliphatic heterocycles. The van der Waals surface area contributed by atoms with Gasteiger partial charge in [0.1, 0.15) is 18.0 Å². The molecule has 4 aromatic rings. The molecule has 0 unspecified atom stereocenters. The number of nitrogens with one attached hydrogen (secondary N) is 1. The van der Waals surface area contributed by atoms with Gasteiger partial charge >= 0.3 is 0 Å². The van der Waals surface area contributed by atoms with Gasteiger partial charge in [-0.25, -0.2) is 0 Å². The molecule has 1 aromatic heterocycles. The minimum Gasteiger partial charge on any atom is -0.497 e. The van der Waals surface area contributed by atoms with Gasteiger partial charge in [-0.3, -0.25) is 4.79 Å². The number of amides is 1. The highest BCUT2D eigenvalue weighted by Crippen LogP contribution is 2.28. The molecular weight excluding hydrogens is 352 g/mol. The Labute approximate surface area is 163 Å². The van der Waals surface area contributed by atoms with Gasteiger partial charge in [0.05, 0.1) is 14.2 Å². The van der Waals surface area contributed by atoms with Gasteiger partial charge in [0, 0.05) is 29.2 Å². The molecule has 4 rings (SSSR count). The van der Waals surface area contributed by atoms with E-state index < -0.39 is 0 Å². The minimum absolute atomic E-state index is 0.0525. The summed E-state index contributed by atoms with van der Waals surface area (Å²) in [6, 6.07) is 19.9. The van der Waals surface area contributed by atoms with Crippen LogP contribution >= 0.6 is 0 Å². The fraction of sp³-hybridized carbons (Fsp3) is 0.174. The van der Waals surface area contributed by atoms with E-state index in [2.05, 4.69) is 11.4 Å². The Kier molecular flexibility index (Phi) is 4.89. The number of ether oxygens (including phenoxy) is 2. The van der Waals surface area contributed by atoms with Gasteiger partial charge in [-0.1, -0.05) is 30.3 Å². The predicted molar refractivity (Wildman–Crippen MR) is 111 cm³/mol. The number of methoxy groups -OCH3 is 2. The molecule has 0 radical (unpaired) electrons. The number of carbonyl (C=O) groups is 1. The molecule has 0 bridgehead atoms. The Balaban J connectivity index is 1.52. The van der Waals surface area contributed by atoms with Crippen LogP contribution in [0.3, 0.4) is 0 Å². The molecule has 0 spiro atoms. The fourth-order valence-corrected chi connectivity index (χ4v) is 3.53. The lowest BCUT2D eigenvalue weighted by Gasteiger charge is -2.13. The summed E-state index contributed by atoms with van der Waals surface area (Å²) in [6.07, 6.45) is 1.92. The highest BCUT2D eigenvalue weighted by atomic mass is 16.5. The summed E-state index contributed by atoms with van der Waals surface area (Å²) in [5, 5.41) is 6.28. The van der Waals surface area contributed by atoms with E-state index in [1.54, 1.807) is 14.2 Å². The maximum absolute atomic E-state index is 12.6. The molecule has 0 atom stereocenters. The van der Waals surface area contributed by atoms with Crippen LogP contribution in [-0.4, -0.2) is 24.7 Å². The molecule has 28 heavy (non-hydrogen) atoms. The number of rotatable bonds is 6. The van der Waals surface area contributed by atoms with E-state index in [1.165, 1.54) is 0 Å². The minimum atomic E-state index is -0.0525. The van der Waals surface area contributed by atoms with Gasteiger partial charge in [-0.15, -0.1) is 0 Å². The average molecular weight is 374 g/mol. The first-order valence-electron chi connectivity index (χ1n) is 9.14. The standard InChI is InChI=1S/C23H22N2O3/c1-27-18-8-9-21-17(13-18)11-12-25(21)15-23(26)24-14-20-19-6-4-3-5-16(19)7-10-22(20)28-2/h3-13H,14-15H2,1-2H3,(H,24,26). The Hall–Kier alpha value is -3.47. The third kappa shape index (κ3) is 3.39. The second-order valence-electron chi connectivity index (χ2n) is 6.61. The van der Waals surface area contributed by atoms with Crippen molar-refractivity contribution in [3.8, 4) is 11.5 Å². The van der Waals surface area contributed by atoms with Crippen LogP contribution in [0.1, 0.15) is 5.56 Å². The smallest absolute Gasteiger partial charge is 0.240 e. The van der Waals surface area contributed by atoms with E-state index >= 15 is 0 Å². The number of benzene rings is 3. The van der Waals surface area contributed by atoms with Gasteiger partial charge in [-0.05, 0) is 41.1 Å². The largest absolute Gasteiger partial charge is 0.497 e. The van der Waals surface area contributed by atoms with Crippen molar-refractivity contribution in [2.75, 3.05) is 14.2 Å². The topological polar surface area (TPSA) is 52.5 Å². The second kappa shape index (κ2) is 7.64. The highest BCUT2D eigenvalue weighted by Gasteiger charge is 2.11. The van der Waals surface area contributed by atoms with Crippen LogP contribution in [0, 0.1) is 0 Å². The molecule has 142 valence electrons. The zero-order chi connectivity index (χ0) is 19.5. The second-order valence-corrected chi connectivity index (χ2v) is 6.61. The Morgan fingerprint density at radius 1 is 0.964 bits per heavy atom. The summed E-state index contributed by atoms with van der Waals surface area (Å²) in [6.45, 7) is 0.666. The number of fused-ring (bicyclic) bond motifs is 2. The summed E-state index contributed by atoms with van der Waals surface area (Å²) in [7, 11) is 3.29. The van der Waals surface area contributed by atoms with Crippen molar-refractivity contribution in [3.05, 3.63) is 72.4 Å². The van der Waals surface area contributed by atoms with Crippen LogP contribution in [0.4, 0.5) is 0 Å². The number of hydrogen-bond donors (Lipinski definition) is 1. The number of nitrogens with zero attached hydrogens (tertiary/aromatic N) is 1. The molecule has 0 saturated carbocycles. The third-order valence-corrected chi connectivity index (χ3v) is 4.97. The molecule has 5 nitrogen and oxygen atoms in total. The summed E-state index contributed by atoms with van der Waals surface area (Å²) < 4.78 is 12.7. The maximum Gasteiger partial charge on any atom is 0.240 e. The van der Waals surface area contributed by atoms with Crippen molar-refractivity contribution in [2.45, 2.75) is 13.1 Å². The van der Waals surface area contributed by atoms with Crippen molar-refractivity contribution in [1.29, 1.82) is 0 Å². The molecule has 1 N–H and O–H groups in total. The van der Waals surface area contributed by atoms with Crippen LogP contribution < -0.4 is 14.8 Å². The maximum atomic E-state index is 12.6. The molecule has 0 aliphatic rings. The summed E-state index contributed by atoms with van der Waals surface area (Å²) in [5.41, 5.74) is 1.98. The first-order valence-corrected chi connectivity index (χ1v) is 9.14. The van der Waals surface area contributed by atoms with Crippen molar-refractivity contribution >= 4 is 27.6 Å². The zero-order valence-corrected chi connectivity index (χ0v) is 15.9. The third-order valence-electron chi connectivity index (χ3n) is 4.97. The van der Waals surface area contributed by atoms with Crippen molar-refractivity contribution in [1.82, 2.24) is 9.88 Å². The Morgan fingerprint density at radius 3 is 2.64 bits per heavy atom. The molecule has 0 fully saturated rings. The van der Waals surface area contributed by atoms with Gasteiger partial charge in [-0.2, -0.15) is 0 Å². The number of carbonyl (C=O) groups excluding carboxylic acids is 1. The van der Waals surface area contributed by atoms with Gasteiger partial charge < -0.3 is 19.4 Å². The molecule has 5 heteroatoms. The zero-order valence-electron chi connectivity index (χ0n) is 15.9. The van der Waals surface area contributed by atoms with Crippen molar-refractivity contribution in [3.63, 3.8) is 0 Å². The lowest BCUT2D eigenvalue weighted by atomic mass is 10.0. The lowest BCUT2D eigenvalue weighted by Crippen LogP contribution is -2.27. The van der Waals surface area contributed by atoms with Crippen LogP contribution in [-0.2, 0) is 17.9 Å². The fourth-order valence-electron chi connectivity index (χ4n) is 3.53. The van der Waals surface area contributed by atoms with E-state index in [0.717, 1.165) is 38.7 Å². The molecule has 1 amide bonds. The predicted octanol–water partition coefficient (Wildman–Crippen LogP) is 4.13. The number of hydrogen-bond acceptors (Lipinski definition) is 3. The van der Waals surface area contributed by atoms with E-state index in [-0.39, 0.29) is 12.5 Å². The molecule has 1 heterocycles. The van der Waals surface area contributed by atoms with Gasteiger partial charge in [0.2, 0.25) is 5.91 Å². The van der Waals surface area contributed by atoms with Crippen LogP contribution in [0.2, 0.25) is 0 Å². The Bertz CT molecular complexity index is 1150. The summed E-state index contributed by atoms with van der Waals surface area (Å²) in [4.78, 5) is 12.6. The van der Waals surface area contributed by atoms with Gasteiger partial charge in [0.15, 0.2) is 0 Å². The first kappa shape index (κ1) is 17.9. The average Bonchev–Trinajstić information content (AvgIpc) is 3.13. The lowest BCUT2D eigenvalue weighted by molar-refractivity contribution is -0.121.